The van der Waals surface area contributed by atoms with E-state index in [4.69, 9.17) is 22.9 Å². The van der Waals surface area contributed by atoms with E-state index >= 15 is 0 Å². The van der Waals surface area contributed by atoms with Crippen molar-refractivity contribution in [3.63, 3.8) is 0 Å². The molecule has 0 bridgehead atoms. The molecule has 0 aliphatic heterocycles. The van der Waals surface area contributed by atoms with Crippen LogP contribution >= 0.6 is 0 Å². The van der Waals surface area contributed by atoms with Crippen molar-refractivity contribution in [2.75, 3.05) is 0 Å². The molecule has 0 saturated carbocycles. The van der Waals surface area contributed by atoms with Gasteiger partial charge in [0.15, 0.2) is 0 Å². The molecule has 0 aromatic rings. The van der Waals surface area contributed by atoms with E-state index in [9.17, 15) is 0 Å². The normalized spacial score (nSPS) is 11.8. The van der Waals surface area contributed by atoms with E-state index in [1.54, 1.807) is 0 Å². The maximum atomic E-state index is 5.13. The molecular weight excluding hydrogens is 196 g/mol. The maximum Gasteiger partial charge on any atom is 0.211 e. The first kappa shape index (κ1) is 12.9. The minimum absolute atomic E-state index is 0.103. The molecule has 0 unspecified atom stereocenters. The van der Waals surface area contributed by atoms with Crippen molar-refractivity contribution in [3.8, 4) is 0 Å². The molecule has 0 heterocycles. The molecule has 0 rings (SSSR count). The number of rotatable bonds is 4. The summed E-state index contributed by atoms with van der Waals surface area (Å²) in [5, 5.41) is 14.3. The Morgan fingerprint density at radius 3 is 1.87 bits per heavy atom. The van der Waals surface area contributed by atoms with Gasteiger partial charge in [0.2, 0.25) is 11.9 Å². The summed E-state index contributed by atoms with van der Waals surface area (Å²) in [5.41, 5.74) is 21.0. The average Bonchev–Trinajstić information content (AvgIpc) is 2.09. The monoisotopic (exact) mass is 212 g/mol. The van der Waals surface area contributed by atoms with E-state index in [1.165, 1.54) is 6.21 Å². The fourth-order valence-electron chi connectivity index (χ4n) is 0.561. The van der Waals surface area contributed by atoms with Crippen molar-refractivity contribution < 1.29 is 0 Å². The topological polar surface area (TPSA) is 154 Å². The van der Waals surface area contributed by atoms with Gasteiger partial charge >= 0.3 is 0 Å². The highest BCUT2D eigenvalue weighted by Gasteiger charge is 2.01. The summed E-state index contributed by atoms with van der Waals surface area (Å²) in [6.45, 7) is 3.81. The van der Waals surface area contributed by atoms with Gasteiger partial charge < -0.3 is 22.9 Å². The van der Waals surface area contributed by atoms with Crippen LogP contribution in [-0.2, 0) is 0 Å². The summed E-state index contributed by atoms with van der Waals surface area (Å²) in [4.78, 5) is 0. The van der Waals surface area contributed by atoms with Crippen LogP contribution in [0.1, 0.15) is 13.8 Å². The number of hydrogen-bond donors (Lipinski definition) is 4. The summed E-state index contributed by atoms with van der Waals surface area (Å²) < 4.78 is 0. The van der Waals surface area contributed by atoms with Gasteiger partial charge in [-0.1, -0.05) is 13.8 Å². The van der Waals surface area contributed by atoms with Crippen molar-refractivity contribution >= 4 is 23.8 Å². The Morgan fingerprint density at radius 1 is 0.933 bits per heavy atom. The third kappa shape index (κ3) is 6.99. The Kier molecular flexibility index (Phi) is 5.45. The summed E-state index contributed by atoms with van der Waals surface area (Å²) in [6.07, 6.45) is 1.39. The molecule has 0 aliphatic rings. The summed E-state index contributed by atoms with van der Waals surface area (Å²) >= 11 is 0. The van der Waals surface area contributed by atoms with Crippen LogP contribution in [0.5, 0.6) is 0 Å². The molecule has 0 saturated heterocycles. The zero-order chi connectivity index (χ0) is 11.8. The Hall–Kier alpha value is -2.12. The molecule has 0 aromatic heterocycles. The lowest BCUT2D eigenvalue weighted by Gasteiger charge is -2.00. The Balaban J connectivity index is 4.70. The zero-order valence-corrected chi connectivity index (χ0v) is 8.75. The molecule has 8 heteroatoms. The highest BCUT2D eigenvalue weighted by molar-refractivity contribution is 6.31. The molecule has 84 valence electrons. The first-order valence-electron chi connectivity index (χ1n) is 4.22. The van der Waals surface area contributed by atoms with Crippen LogP contribution in [0.4, 0.5) is 0 Å². The first-order chi connectivity index (χ1) is 6.93. The fourth-order valence-corrected chi connectivity index (χ4v) is 0.561. The van der Waals surface area contributed by atoms with Crippen molar-refractivity contribution in [3.05, 3.63) is 0 Å². The van der Waals surface area contributed by atoms with Gasteiger partial charge in [0.25, 0.3) is 0 Å². The van der Waals surface area contributed by atoms with Crippen LogP contribution in [0.25, 0.3) is 0 Å². The van der Waals surface area contributed by atoms with E-state index in [0.29, 0.717) is 5.71 Å². The highest BCUT2D eigenvalue weighted by atomic mass is 15.3. The van der Waals surface area contributed by atoms with Crippen LogP contribution in [0.2, 0.25) is 0 Å². The van der Waals surface area contributed by atoms with E-state index in [0.717, 1.165) is 0 Å². The Bertz CT molecular complexity index is 303. The first-order valence-corrected chi connectivity index (χ1v) is 4.22. The molecule has 0 amide bonds. The van der Waals surface area contributed by atoms with Crippen molar-refractivity contribution in [2.24, 2.45) is 49.3 Å². The number of hydrogen-bond acceptors (Lipinski definition) is 4. The van der Waals surface area contributed by atoms with Crippen LogP contribution in [0.3, 0.4) is 0 Å². The molecule has 8 N–H and O–H groups in total. The van der Waals surface area contributed by atoms with Gasteiger partial charge in [0.05, 0.1) is 11.9 Å². The number of nitrogens with zero attached hydrogens (tertiary/aromatic N) is 4. The smallest absolute Gasteiger partial charge is 0.211 e. The predicted molar refractivity (Wildman–Crippen MR) is 62.4 cm³/mol. The van der Waals surface area contributed by atoms with Gasteiger partial charge in [-0.25, -0.2) is 0 Å². The van der Waals surface area contributed by atoms with Gasteiger partial charge in [0, 0.05) is 0 Å². The average molecular weight is 212 g/mol. The van der Waals surface area contributed by atoms with Crippen molar-refractivity contribution in [1.29, 1.82) is 0 Å². The Morgan fingerprint density at radius 2 is 1.47 bits per heavy atom. The maximum absolute atomic E-state index is 5.13. The number of guanidine groups is 2. The minimum atomic E-state index is -0.129. The van der Waals surface area contributed by atoms with Crippen LogP contribution < -0.4 is 22.9 Å². The molecular formula is C7H16N8. The molecule has 0 aromatic carbocycles. The standard InChI is InChI=1S/C7H16N8/c1-4(2)5(13-15-7(10)11)3-12-14-6(8)9/h3-4H,1-2H3,(H4,8,9,14)(H4,10,11,15). The SMILES string of the molecule is CC(C)C(C=NN=C(N)N)=NN=C(N)N. The van der Waals surface area contributed by atoms with Crippen molar-refractivity contribution in [2.45, 2.75) is 13.8 Å². The third-order valence-corrected chi connectivity index (χ3v) is 1.24. The molecule has 0 radical (unpaired) electrons. The Labute approximate surface area is 87.8 Å². The number of nitrogens with two attached hydrogens (primary N) is 4. The minimum Gasteiger partial charge on any atom is -0.369 e. The second kappa shape index (κ2) is 6.35. The van der Waals surface area contributed by atoms with Gasteiger partial charge in [-0.05, 0) is 5.92 Å². The quantitative estimate of drug-likeness (QED) is 0.255. The molecule has 0 spiro atoms. The van der Waals surface area contributed by atoms with E-state index in [1.807, 2.05) is 13.8 Å². The van der Waals surface area contributed by atoms with Crippen LogP contribution in [0.15, 0.2) is 20.4 Å². The second-order valence-corrected chi connectivity index (χ2v) is 2.97. The van der Waals surface area contributed by atoms with Crippen LogP contribution in [-0.4, -0.2) is 23.8 Å². The fraction of sp³-hybridized carbons (Fsp3) is 0.429. The van der Waals surface area contributed by atoms with Gasteiger partial charge in [-0.3, -0.25) is 0 Å². The van der Waals surface area contributed by atoms with Gasteiger partial charge in [0.1, 0.15) is 0 Å². The van der Waals surface area contributed by atoms with Gasteiger partial charge in [-0.2, -0.15) is 10.2 Å². The molecule has 15 heavy (non-hydrogen) atoms. The summed E-state index contributed by atoms with van der Waals surface area (Å²) in [5.74, 6) is -0.148. The van der Waals surface area contributed by atoms with E-state index in [-0.39, 0.29) is 17.8 Å². The lowest BCUT2D eigenvalue weighted by Crippen LogP contribution is -2.23. The molecule has 0 atom stereocenters. The summed E-state index contributed by atoms with van der Waals surface area (Å²) in [6, 6.07) is 0. The highest BCUT2D eigenvalue weighted by Crippen LogP contribution is 1.95. The third-order valence-electron chi connectivity index (χ3n) is 1.24. The lowest BCUT2D eigenvalue weighted by molar-refractivity contribution is 0.886. The van der Waals surface area contributed by atoms with Crippen molar-refractivity contribution in [1.82, 2.24) is 0 Å². The second-order valence-electron chi connectivity index (χ2n) is 2.97. The van der Waals surface area contributed by atoms with Gasteiger partial charge in [-0.15, -0.1) is 10.2 Å². The largest absolute Gasteiger partial charge is 0.369 e. The lowest BCUT2D eigenvalue weighted by atomic mass is 10.1. The zero-order valence-electron chi connectivity index (χ0n) is 8.75. The van der Waals surface area contributed by atoms with E-state index < -0.39 is 0 Å². The summed E-state index contributed by atoms with van der Waals surface area (Å²) in [7, 11) is 0. The van der Waals surface area contributed by atoms with Crippen LogP contribution in [0, 0.1) is 5.92 Å². The van der Waals surface area contributed by atoms with E-state index in [2.05, 4.69) is 20.4 Å². The molecule has 0 aliphatic carbocycles. The molecule has 0 fully saturated rings. The molecule has 8 nitrogen and oxygen atoms in total. The predicted octanol–water partition coefficient (Wildman–Crippen LogP) is -1.47.